The molecule has 0 unspecified atom stereocenters. The van der Waals surface area contributed by atoms with Crippen LogP contribution < -0.4 is 5.32 Å². The van der Waals surface area contributed by atoms with Crippen LogP contribution in [0.4, 0.5) is 11.4 Å². The van der Waals surface area contributed by atoms with Gasteiger partial charge < -0.3 is 5.32 Å². The van der Waals surface area contributed by atoms with E-state index in [1.807, 2.05) is 24.3 Å². The zero-order valence-corrected chi connectivity index (χ0v) is 17.0. The van der Waals surface area contributed by atoms with Crippen molar-refractivity contribution in [2.45, 2.75) is 31.8 Å². The highest BCUT2D eigenvalue weighted by Gasteiger charge is 2.14. The summed E-state index contributed by atoms with van der Waals surface area (Å²) >= 11 is 1.18. The number of nitrogens with one attached hydrogen (secondary N) is 1. The summed E-state index contributed by atoms with van der Waals surface area (Å²) in [5, 5.41) is 25.8. The molecule has 1 heterocycles. The predicted molar refractivity (Wildman–Crippen MR) is 110 cm³/mol. The molecule has 29 heavy (non-hydrogen) atoms. The van der Waals surface area contributed by atoms with Crippen molar-refractivity contribution in [3.8, 4) is 5.69 Å². The van der Waals surface area contributed by atoms with Crippen molar-refractivity contribution in [1.29, 1.82) is 0 Å². The van der Waals surface area contributed by atoms with Crippen LogP contribution in [0.15, 0.2) is 47.6 Å². The Morgan fingerprint density at radius 2 is 1.97 bits per heavy atom. The minimum atomic E-state index is -0.497. The van der Waals surface area contributed by atoms with Crippen molar-refractivity contribution in [3.05, 3.63) is 63.7 Å². The summed E-state index contributed by atoms with van der Waals surface area (Å²) in [6.45, 7) is 6.01. The van der Waals surface area contributed by atoms with Crippen molar-refractivity contribution in [2.24, 2.45) is 0 Å². The molecular weight excluding hydrogens is 392 g/mol. The monoisotopic (exact) mass is 412 g/mol. The second-order valence-corrected chi connectivity index (χ2v) is 7.66. The molecule has 150 valence electrons. The molecule has 0 aliphatic carbocycles. The van der Waals surface area contributed by atoms with E-state index in [0.29, 0.717) is 16.8 Å². The number of nitro benzene ring substituents is 1. The number of aryl methyl sites for hydroxylation is 1. The highest BCUT2D eigenvalue weighted by atomic mass is 32.2. The molecule has 0 saturated carbocycles. The number of carbonyl (C=O) groups excluding carboxylic acids is 1. The number of thioether (sulfide) groups is 1. The van der Waals surface area contributed by atoms with Crippen LogP contribution in [0.25, 0.3) is 5.69 Å². The molecule has 0 atom stereocenters. The highest BCUT2D eigenvalue weighted by molar-refractivity contribution is 7.99. The first-order valence-corrected chi connectivity index (χ1v) is 9.90. The number of hydrogen-bond donors (Lipinski definition) is 1. The molecule has 1 aromatic heterocycles. The van der Waals surface area contributed by atoms with E-state index in [0.717, 1.165) is 11.3 Å². The second-order valence-electron chi connectivity index (χ2n) is 6.71. The SMILES string of the molecule is Cc1ccc([N+](=O)[O-])cc1NC(=O)CSc1nnnn1-c1ccc(C(C)C)cc1. The number of benzene rings is 2. The molecular formula is C19H20N6O3S. The Labute approximate surface area is 171 Å². The van der Waals surface area contributed by atoms with Crippen LogP contribution in [-0.2, 0) is 4.79 Å². The lowest BCUT2D eigenvalue weighted by Crippen LogP contribution is -2.15. The fourth-order valence-electron chi connectivity index (χ4n) is 2.61. The Morgan fingerprint density at radius 1 is 1.24 bits per heavy atom. The van der Waals surface area contributed by atoms with Crippen LogP contribution >= 0.6 is 11.8 Å². The fourth-order valence-corrected chi connectivity index (χ4v) is 3.30. The predicted octanol–water partition coefficient (Wildman–Crippen LogP) is 3.73. The first kappa shape index (κ1) is 20.5. The topological polar surface area (TPSA) is 116 Å². The number of anilines is 1. The van der Waals surface area contributed by atoms with Gasteiger partial charge in [0.2, 0.25) is 11.1 Å². The third-order valence-corrected chi connectivity index (χ3v) is 5.20. The van der Waals surface area contributed by atoms with Gasteiger partial charge in [0.15, 0.2) is 0 Å². The average Bonchev–Trinajstić information content (AvgIpc) is 3.16. The van der Waals surface area contributed by atoms with Crippen LogP contribution in [0, 0.1) is 17.0 Å². The Balaban J connectivity index is 1.67. The van der Waals surface area contributed by atoms with Crippen molar-refractivity contribution in [2.75, 3.05) is 11.1 Å². The molecule has 3 aromatic rings. The van der Waals surface area contributed by atoms with Gasteiger partial charge in [-0.3, -0.25) is 14.9 Å². The Hall–Kier alpha value is -3.27. The number of tetrazole rings is 1. The maximum Gasteiger partial charge on any atom is 0.271 e. The van der Waals surface area contributed by atoms with E-state index >= 15 is 0 Å². The van der Waals surface area contributed by atoms with Crippen molar-refractivity contribution in [3.63, 3.8) is 0 Å². The molecule has 0 radical (unpaired) electrons. The number of nitro groups is 1. The number of rotatable bonds is 7. The standard InChI is InChI=1S/C19H20N6O3S/c1-12(2)14-5-8-15(9-6-14)24-19(21-22-23-24)29-11-18(26)20-17-10-16(25(27)28)7-4-13(17)3/h4-10,12H,11H2,1-3H3,(H,20,26). The third-order valence-electron chi connectivity index (χ3n) is 4.28. The Morgan fingerprint density at radius 3 is 2.62 bits per heavy atom. The quantitative estimate of drug-likeness (QED) is 0.357. The van der Waals surface area contributed by atoms with E-state index in [9.17, 15) is 14.9 Å². The van der Waals surface area contributed by atoms with Crippen LogP contribution in [0.2, 0.25) is 0 Å². The minimum Gasteiger partial charge on any atom is -0.325 e. The molecule has 0 fully saturated rings. The number of nitrogens with zero attached hydrogens (tertiary/aromatic N) is 5. The molecule has 2 aromatic carbocycles. The molecule has 0 aliphatic heterocycles. The van der Waals surface area contributed by atoms with Crippen molar-refractivity contribution < 1.29 is 9.72 Å². The van der Waals surface area contributed by atoms with Gasteiger partial charge in [-0.15, -0.1) is 5.10 Å². The molecule has 1 amide bonds. The summed E-state index contributed by atoms with van der Waals surface area (Å²) in [6.07, 6.45) is 0. The molecule has 1 N–H and O–H groups in total. The van der Waals surface area contributed by atoms with Gasteiger partial charge in [-0.25, -0.2) is 0 Å². The van der Waals surface area contributed by atoms with Gasteiger partial charge in [0.1, 0.15) is 0 Å². The first-order valence-electron chi connectivity index (χ1n) is 8.91. The van der Waals surface area contributed by atoms with E-state index in [1.54, 1.807) is 17.7 Å². The number of aromatic nitrogens is 4. The lowest BCUT2D eigenvalue weighted by Gasteiger charge is -2.09. The summed E-state index contributed by atoms with van der Waals surface area (Å²) in [5.41, 5.74) is 3.09. The molecule has 0 aliphatic rings. The number of carbonyl (C=O) groups is 1. The largest absolute Gasteiger partial charge is 0.325 e. The summed E-state index contributed by atoms with van der Waals surface area (Å²) < 4.78 is 1.57. The fraction of sp³-hybridized carbons (Fsp3) is 0.263. The van der Waals surface area contributed by atoms with Crippen molar-refractivity contribution in [1.82, 2.24) is 20.2 Å². The molecule has 10 heteroatoms. The number of hydrogen-bond acceptors (Lipinski definition) is 7. The van der Waals surface area contributed by atoms with Crippen LogP contribution in [-0.4, -0.2) is 36.8 Å². The van der Waals surface area contributed by atoms with Crippen LogP contribution in [0.3, 0.4) is 0 Å². The molecule has 3 rings (SSSR count). The normalized spacial score (nSPS) is 10.9. The lowest BCUT2D eigenvalue weighted by molar-refractivity contribution is -0.384. The van der Waals surface area contributed by atoms with Crippen molar-refractivity contribution >= 4 is 29.0 Å². The third kappa shape index (κ3) is 4.96. The molecule has 0 saturated heterocycles. The molecule has 0 spiro atoms. The van der Waals surface area contributed by atoms with Gasteiger partial charge in [-0.05, 0) is 46.5 Å². The first-order chi connectivity index (χ1) is 13.8. The summed E-state index contributed by atoms with van der Waals surface area (Å²) in [4.78, 5) is 22.8. The van der Waals surface area contributed by atoms with Crippen LogP contribution in [0.5, 0.6) is 0 Å². The Kier molecular flexibility index (Phi) is 6.23. The maximum absolute atomic E-state index is 12.3. The number of amides is 1. The maximum atomic E-state index is 12.3. The summed E-state index contributed by atoms with van der Waals surface area (Å²) in [6, 6.07) is 12.3. The van der Waals surface area contributed by atoms with Gasteiger partial charge in [-0.1, -0.05) is 43.8 Å². The Bertz CT molecular complexity index is 1030. The zero-order valence-electron chi connectivity index (χ0n) is 16.2. The smallest absolute Gasteiger partial charge is 0.271 e. The van der Waals surface area contributed by atoms with Gasteiger partial charge in [0, 0.05) is 12.1 Å². The summed E-state index contributed by atoms with van der Waals surface area (Å²) in [5.74, 6) is 0.183. The highest BCUT2D eigenvalue weighted by Crippen LogP contribution is 2.24. The minimum absolute atomic E-state index is 0.0621. The van der Waals surface area contributed by atoms with E-state index < -0.39 is 4.92 Å². The average molecular weight is 412 g/mol. The van der Waals surface area contributed by atoms with E-state index in [-0.39, 0.29) is 17.3 Å². The van der Waals surface area contributed by atoms with Gasteiger partial charge in [0.25, 0.3) is 5.69 Å². The van der Waals surface area contributed by atoms with Crippen LogP contribution in [0.1, 0.15) is 30.9 Å². The summed E-state index contributed by atoms with van der Waals surface area (Å²) in [7, 11) is 0. The molecule has 0 bridgehead atoms. The lowest BCUT2D eigenvalue weighted by atomic mass is 10.0. The van der Waals surface area contributed by atoms with Gasteiger partial charge in [0.05, 0.1) is 22.1 Å². The molecule has 9 nitrogen and oxygen atoms in total. The van der Waals surface area contributed by atoms with Gasteiger partial charge in [-0.2, -0.15) is 4.68 Å². The van der Waals surface area contributed by atoms with E-state index in [2.05, 4.69) is 34.7 Å². The zero-order chi connectivity index (χ0) is 21.0. The van der Waals surface area contributed by atoms with Gasteiger partial charge >= 0.3 is 0 Å². The second kappa shape index (κ2) is 8.82. The van der Waals surface area contributed by atoms with E-state index in [4.69, 9.17) is 0 Å². The van der Waals surface area contributed by atoms with E-state index in [1.165, 1.54) is 29.5 Å². The number of non-ortho nitro benzene ring substituents is 1.